The van der Waals surface area contributed by atoms with Crippen molar-refractivity contribution in [2.45, 2.75) is 465 Å². The summed E-state index contributed by atoms with van der Waals surface area (Å²) in [5.74, 6) is 1.10. The molecule has 624 valence electrons. The van der Waals surface area contributed by atoms with Crippen LogP contribution in [0.4, 0.5) is 0 Å². The fourth-order valence-electron chi connectivity index (χ4n) is 13.3. The normalized spacial score (nSPS) is 14.4. The second-order valence-corrected chi connectivity index (χ2v) is 35.3. The number of esters is 4. The van der Waals surface area contributed by atoms with Crippen molar-refractivity contribution in [3.05, 3.63) is 0 Å². The molecule has 0 spiro atoms. The van der Waals surface area contributed by atoms with Gasteiger partial charge in [0.1, 0.15) is 19.3 Å². The van der Waals surface area contributed by atoms with Crippen molar-refractivity contribution in [2.75, 3.05) is 39.6 Å². The summed E-state index contributed by atoms with van der Waals surface area (Å²) in [6.07, 6.45) is 63.8. The number of hydrogen-bond donors (Lipinski definition) is 3. The van der Waals surface area contributed by atoms with E-state index in [1.54, 1.807) is 0 Å². The van der Waals surface area contributed by atoms with Crippen molar-refractivity contribution < 1.29 is 80.2 Å². The lowest BCUT2D eigenvalue weighted by Gasteiger charge is -2.21. The van der Waals surface area contributed by atoms with E-state index in [4.69, 9.17) is 37.0 Å². The number of phosphoric acid groups is 2. The predicted molar refractivity (Wildman–Crippen MR) is 432 cm³/mol. The van der Waals surface area contributed by atoms with E-state index in [0.29, 0.717) is 31.6 Å². The van der Waals surface area contributed by atoms with Crippen LogP contribution in [-0.4, -0.2) is 96.7 Å². The average Bonchev–Trinajstić information content (AvgIpc) is 1.08. The maximum Gasteiger partial charge on any atom is 0.472 e. The minimum atomic E-state index is -4.97. The molecule has 19 heteroatoms. The van der Waals surface area contributed by atoms with Gasteiger partial charge in [0.05, 0.1) is 26.4 Å². The van der Waals surface area contributed by atoms with E-state index in [2.05, 4.69) is 55.4 Å². The first-order chi connectivity index (χ1) is 50.7. The zero-order valence-corrected chi connectivity index (χ0v) is 71.2. The second-order valence-electron chi connectivity index (χ2n) is 32.4. The van der Waals surface area contributed by atoms with Crippen LogP contribution < -0.4 is 0 Å². The van der Waals surface area contributed by atoms with Gasteiger partial charge in [0.25, 0.3) is 0 Å². The number of unbranched alkanes of at least 4 members (excludes halogenated alkanes) is 47. The van der Waals surface area contributed by atoms with Gasteiger partial charge >= 0.3 is 39.5 Å². The number of hydrogen-bond acceptors (Lipinski definition) is 15. The quantitative estimate of drug-likeness (QED) is 0.0222. The molecule has 17 nitrogen and oxygen atoms in total. The third-order valence-corrected chi connectivity index (χ3v) is 22.7. The Morgan fingerprint density at radius 1 is 0.267 bits per heavy atom. The summed E-state index contributed by atoms with van der Waals surface area (Å²) in [5, 5.41) is 10.7. The van der Waals surface area contributed by atoms with E-state index < -0.39 is 97.5 Å². The molecule has 0 aliphatic heterocycles. The fraction of sp³-hybridized carbons (Fsp3) is 0.953. The van der Waals surface area contributed by atoms with Crippen LogP contribution in [0.2, 0.25) is 0 Å². The molecule has 0 heterocycles. The summed E-state index contributed by atoms with van der Waals surface area (Å²) in [6, 6.07) is 0. The summed E-state index contributed by atoms with van der Waals surface area (Å²) < 4.78 is 68.9. The van der Waals surface area contributed by atoms with Gasteiger partial charge in [0.2, 0.25) is 0 Å². The van der Waals surface area contributed by atoms with Crippen LogP contribution in [0.15, 0.2) is 0 Å². The lowest BCUT2D eigenvalue weighted by Crippen LogP contribution is -2.30. The molecule has 0 aromatic carbocycles. The van der Waals surface area contributed by atoms with Gasteiger partial charge in [-0.25, -0.2) is 9.13 Å². The van der Waals surface area contributed by atoms with Gasteiger partial charge in [-0.15, -0.1) is 0 Å². The van der Waals surface area contributed by atoms with Crippen LogP contribution in [-0.2, 0) is 65.4 Å². The van der Waals surface area contributed by atoms with Gasteiger partial charge in [-0.2, -0.15) is 0 Å². The van der Waals surface area contributed by atoms with Crippen LogP contribution in [0, 0.1) is 23.7 Å². The smallest absolute Gasteiger partial charge is 0.462 e. The van der Waals surface area contributed by atoms with Crippen LogP contribution in [0.5, 0.6) is 0 Å². The predicted octanol–water partition coefficient (Wildman–Crippen LogP) is 25.9. The van der Waals surface area contributed by atoms with Crippen molar-refractivity contribution in [3.8, 4) is 0 Å². The zero-order chi connectivity index (χ0) is 77.4. The molecule has 0 saturated carbocycles. The standard InChI is InChI=1S/C86H168O17P2/c1-9-78(7)64-56-48-40-32-26-20-15-17-23-29-35-43-52-60-68-85(90)102-81(72-96-83(88)66-58-50-42-34-28-22-14-12-11-13-19-25-31-38-46-54-62-76(3)4)74-100-104(92,93)98-70-80(87)71-99-105(94,95)101-75-82(73-97-84(89)67-59-51-45-37-39-47-55-63-77(5)6)103-86(91)69-61-53-44-36-30-24-18-16-21-27-33-41-49-57-65-79(8)10-2/h76-82,87H,9-75H2,1-8H3,(H,92,93)(H,94,95)/t78?,79?,80?,81-,82-/m1/s1. The monoisotopic (exact) mass is 1540 g/mol. The number of ether oxygens (including phenoxy) is 4. The molecule has 105 heavy (non-hydrogen) atoms. The lowest BCUT2D eigenvalue weighted by molar-refractivity contribution is -0.161. The number of carbonyl (C=O) groups is 4. The molecule has 0 aliphatic rings. The lowest BCUT2D eigenvalue weighted by atomic mass is 9.99. The summed E-state index contributed by atoms with van der Waals surface area (Å²) in [5.41, 5.74) is 0. The Morgan fingerprint density at radius 3 is 0.676 bits per heavy atom. The number of aliphatic hydroxyl groups is 1. The summed E-state index contributed by atoms with van der Waals surface area (Å²) in [4.78, 5) is 73.2. The van der Waals surface area contributed by atoms with Crippen LogP contribution in [0.25, 0.3) is 0 Å². The fourth-order valence-corrected chi connectivity index (χ4v) is 14.8. The van der Waals surface area contributed by atoms with Gasteiger partial charge < -0.3 is 33.8 Å². The summed E-state index contributed by atoms with van der Waals surface area (Å²) >= 11 is 0. The van der Waals surface area contributed by atoms with E-state index in [0.717, 1.165) is 114 Å². The van der Waals surface area contributed by atoms with Gasteiger partial charge in [0, 0.05) is 25.7 Å². The van der Waals surface area contributed by atoms with Gasteiger partial charge in [-0.1, -0.05) is 396 Å². The third kappa shape index (κ3) is 77.2. The molecular weight excluding hydrogens is 1370 g/mol. The van der Waals surface area contributed by atoms with Crippen molar-refractivity contribution in [2.24, 2.45) is 23.7 Å². The Labute approximate surface area is 645 Å². The number of rotatable bonds is 83. The SMILES string of the molecule is CCC(C)CCCCCCCCCCCCCCCCC(=O)O[C@H](COC(=O)CCCCCCCCCCCCCCCCCCC(C)C)COP(=O)(O)OCC(O)COP(=O)(O)OC[C@@H](COC(=O)CCCCCCCCCC(C)C)OC(=O)CCCCCCCCCCCCCCCCC(C)CC. The molecule has 0 rings (SSSR count). The van der Waals surface area contributed by atoms with Crippen LogP contribution >= 0.6 is 15.6 Å². The first-order valence-corrected chi connectivity index (χ1v) is 47.3. The van der Waals surface area contributed by atoms with Gasteiger partial charge in [0.15, 0.2) is 12.2 Å². The molecule has 7 atom stereocenters. The van der Waals surface area contributed by atoms with Crippen molar-refractivity contribution in [3.63, 3.8) is 0 Å². The molecule has 0 bridgehead atoms. The first-order valence-electron chi connectivity index (χ1n) is 44.3. The molecule has 0 aliphatic carbocycles. The Morgan fingerprint density at radius 2 is 0.457 bits per heavy atom. The topological polar surface area (TPSA) is 237 Å². The highest BCUT2D eigenvalue weighted by Crippen LogP contribution is 2.45. The van der Waals surface area contributed by atoms with E-state index in [-0.39, 0.29) is 25.7 Å². The van der Waals surface area contributed by atoms with Crippen molar-refractivity contribution in [1.29, 1.82) is 0 Å². The third-order valence-electron chi connectivity index (χ3n) is 20.8. The largest absolute Gasteiger partial charge is 0.472 e. The van der Waals surface area contributed by atoms with Gasteiger partial charge in [-0.3, -0.25) is 37.3 Å². The molecule has 5 unspecified atom stereocenters. The van der Waals surface area contributed by atoms with E-state index >= 15 is 0 Å². The molecule has 0 aromatic heterocycles. The molecule has 0 saturated heterocycles. The number of phosphoric ester groups is 2. The first kappa shape index (κ1) is 103. The van der Waals surface area contributed by atoms with Gasteiger partial charge in [-0.05, 0) is 49.4 Å². The highest BCUT2D eigenvalue weighted by molar-refractivity contribution is 7.47. The van der Waals surface area contributed by atoms with Crippen molar-refractivity contribution in [1.82, 2.24) is 0 Å². The second kappa shape index (κ2) is 74.8. The minimum Gasteiger partial charge on any atom is -0.462 e. The van der Waals surface area contributed by atoms with E-state index in [1.807, 2.05) is 0 Å². The number of aliphatic hydroxyl groups excluding tert-OH is 1. The summed E-state index contributed by atoms with van der Waals surface area (Å²) in [7, 11) is -9.93. The Balaban J connectivity index is 5.24. The Kier molecular flexibility index (Phi) is 73.4. The Hall–Kier alpha value is -1.94. The molecule has 0 radical (unpaired) electrons. The van der Waals surface area contributed by atoms with Crippen LogP contribution in [0.1, 0.15) is 447 Å². The molecular formula is C86H168O17P2. The maximum atomic E-state index is 13.1. The highest BCUT2D eigenvalue weighted by atomic mass is 31.2. The molecule has 0 aromatic rings. The molecule has 0 fully saturated rings. The van der Waals surface area contributed by atoms with E-state index in [9.17, 15) is 43.2 Å². The average molecular weight is 1540 g/mol. The number of carbonyl (C=O) groups excluding carboxylic acids is 4. The molecule has 3 N–H and O–H groups in total. The highest BCUT2D eigenvalue weighted by Gasteiger charge is 2.31. The van der Waals surface area contributed by atoms with Crippen LogP contribution in [0.3, 0.4) is 0 Å². The molecule has 0 amide bonds. The van der Waals surface area contributed by atoms with E-state index in [1.165, 1.54) is 244 Å². The Bertz CT molecular complexity index is 2050. The summed E-state index contributed by atoms with van der Waals surface area (Å²) in [6.45, 7) is 14.4. The zero-order valence-electron chi connectivity index (χ0n) is 69.4. The maximum absolute atomic E-state index is 13.1. The minimum absolute atomic E-state index is 0.107. The van der Waals surface area contributed by atoms with Crippen molar-refractivity contribution >= 4 is 39.5 Å².